The molecule has 0 aromatic heterocycles. The highest BCUT2D eigenvalue weighted by Crippen LogP contribution is 2.10. The number of ether oxygens (including phenoxy) is 2. The Balaban J connectivity index is 2.17. The van der Waals surface area contributed by atoms with Crippen molar-refractivity contribution in [1.82, 2.24) is 4.90 Å². The van der Waals surface area contributed by atoms with Gasteiger partial charge in [-0.1, -0.05) is 0 Å². The van der Waals surface area contributed by atoms with Crippen molar-refractivity contribution in [2.45, 2.75) is 45.9 Å². The standard InChI is InChI=1S/C17H28FNO3/c1-13(2)19(14(3)4)11-16(20)12-21-9-10-22-17-7-5-15(18)6-8-17/h5-8,13-14,16,20H,9-12H2,1-4H3. The van der Waals surface area contributed by atoms with E-state index in [0.29, 0.717) is 37.6 Å². The molecule has 126 valence electrons. The Hall–Kier alpha value is -1.17. The van der Waals surface area contributed by atoms with Gasteiger partial charge < -0.3 is 14.6 Å². The van der Waals surface area contributed by atoms with Crippen molar-refractivity contribution < 1.29 is 19.0 Å². The molecule has 0 radical (unpaired) electrons. The zero-order chi connectivity index (χ0) is 16.5. The number of aliphatic hydroxyl groups is 1. The van der Waals surface area contributed by atoms with Crippen LogP contribution in [0.3, 0.4) is 0 Å². The number of aliphatic hydroxyl groups excluding tert-OH is 1. The molecule has 1 aromatic rings. The molecule has 0 saturated carbocycles. The molecule has 1 aromatic carbocycles. The Morgan fingerprint density at radius 1 is 1.05 bits per heavy atom. The lowest BCUT2D eigenvalue weighted by Crippen LogP contribution is -2.43. The van der Waals surface area contributed by atoms with E-state index in [9.17, 15) is 9.50 Å². The summed E-state index contributed by atoms with van der Waals surface area (Å²) in [7, 11) is 0. The molecule has 4 nitrogen and oxygen atoms in total. The Kier molecular flexibility index (Phi) is 8.38. The van der Waals surface area contributed by atoms with E-state index in [1.807, 2.05) is 0 Å². The first kappa shape index (κ1) is 18.9. The van der Waals surface area contributed by atoms with Crippen LogP contribution in [0.2, 0.25) is 0 Å². The van der Waals surface area contributed by atoms with Gasteiger partial charge in [0.2, 0.25) is 0 Å². The number of halogens is 1. The number of hydrogen-bond acceptors (Lipinski definition) is 4. The maximum Gasteiger partial charge on any atom is 0.123 e. The lowest BCUT2D eigenvalue weighted by molar-refractivity contribution is -0.00280. The van der Waals surface area contributed by atoms with E-state index in [-0.39, 0.29) is 12.4 Å². The third-order valence-corrected chi connectivity index (χ3v) is 3.37. The number of rotatable bonds is 10. The molecule has 1 rings (SSSR count). The first-order chi connectivity index (χ1) is 10.4. The van der Waals surface area contributed by atoms with Crippen molar-refractivity contribution in [1.29, 1.82) is 0 Å². The van der Waals surface area contributed by atoms with Crippen LogP contribution in [0.1, 0.15) is 27.7 Å². The largest absolute Gasteiger partial charge is 0.491 e. The Morgan fingerprint density at radius 2 is 1.64 bits per heavy atom. The molecule has 1 N–H and O–H groups in total. The minimum atomic E-state index is -0.518. The second-order valence-electron chi connectivity index (χ2n) is 5.92. The molecule has 0 heterocycles. The SMILES string of the molecule is CC(C)N(CC(O)COCCOc1ccc(F)cc1)C(C)C. The van der Waals surface area contributed by atoms with Crippen molar-refractivity contribution in [3.8, 4) is 5.75 Å². The van der Waals surface area contributed by atoms with Crippen LogP contribution in [-0.4, -0.2) is 54.6 Å². The number of benzene rings is 1. The molecule has 0 fully saturated rings. The predicted octanol–water partition coefficient (Wildman–Crippen LogP) is 2.70. The zero-order valence-electron chi connectivity index (χ0n) is 14.0. The molecule has 22 heavy (non-hydrogen) atoms. The van der Waals surface area contributed by atoms with Crippen molar-refractivity contribution >= 4 is 0 Å². The van der Waals surface area contributed by atoms with E-state index in [2.05, 4.69) is 32.6 Å². The molecule has 0 amide bonds. The van der Waals surface area contributed by atoms with Gasteiger partial charge >= 0.3 is 0 Å². The zero-order valence-corrected chi connectivity index (χ0v) is 14.0. The Morgan fingerprint density at radius 3 is 2.18 bits per heavy atom. The summed E-state index contributed by atoms with van der Waals surface area (Å²) in [6.45, 7) is 10.1. The second kappa shape index (κ2) is 9.77. The smallest absolute Gasteiger partial charge is 0.123 e. The summed E-state index contributed by atoms with van der Waals surface area (Å²) in [5, 5.41) is 10.0. The van der Waals surface area contributed by atoms with Gasteiger partial charge in [-0.25, -0.2) is 4.39 Å². The summed E-state index contributed by atoms with van der Waals surface area (Å²) in [5.74, 6) is 0.322. The van der Waals surface area contributed by atoms with Crippen molar-refractivity contribution in [2.75, 3.05) is 26.4 Å². The minimum Gasteiger partial charge on any atom is -0.491 e. The average molecular weight is 313 g/mol. The van der Waals surface area contributed by atoms with Gasteiger partial charge in [0.05, 0.1) is 19.3 Å². The third kappa shape index (κ3) is 7.20. The highest BCUT2D eigenvalue weighted by atomic mass is 19.1. The quantitative estimate of drug-likeness (QED) is 0.674. The van der Waals surface area contributed by atoms with E-state index in [1.165, 1.54) is 12.1 Å². The van der Waals surface area contributed by atoms with Crippen molar-refractivity contribution in [3.05, 3.63) is 30.1 Å². The summed E-state index contributed by atoms with van der Waals surface area (Å²) >= 11 is 0. The van der Waals surface area contributed by atoms with Crippen LogP contribution in [0.5, 0.6) is 5.75 Å². The Bertz CT molecular complexity index is 401. The monoisotopic (exact) mass is 313 g/mol. The average Bonchev–Trinajstić information content (AvgIpc) is 2.45. The summed E-state index contributed by atoms with van der Waals surface area (Å²) in [4.78, 5) is 2.23. The Labute approximate surface area is 132 Å². The fourth-order valence-corrected chi connectivity index (χ4v) is 2.28. The van der Waals surface area contributed by atoms with Crippen molar-refractivity contribution in [2.24, 2.45) is 0 Å². The van der Waals surface area contributed by atoms with Gasteiger partial charge in [-0.05, 0) is 52.0 Å². The van der Waals surface area contributed by atoms with Crippen LogP contribution >= 0.6 is 0 Å². The van der Waals surface area contributed by atoms with Gasteiger partial charge in [-0.15, -0.1) is 0 Å². The highest BCUT2D eigenvalue weighted by molar-refractivity contribution is 5.21. The van der Waals surface area contributed by atoms with E-state index >= 15 is 0 Å². The summed E-state index contributed by atoms with van der Waals surface area (Å²) in [6.07, 6.45) is -0.518. The first-order valence-corrected chi connectivity index (χ1v) is 7.80. The highest BCUT2D eigenvalue weighted by Gasteiger charge is 2.17. The second-order valence-corrected chi connectivity index (χ2v) is 5.92. The predicted molar refractivity (Wildman–Crippen MR) is 85.7 cm³/mol. The molecule has 0 saturated heterocycles. The molecular weight excluding hydrogens is 285 g/mol. The van der Waals surface area contributed by atoms with Crippen LogP contribution < -0.4 is 4.74 Å². The molecule has 1 unspecified atom stereocenters. The molecule has 5 heteroatoms. The number of nitrogens with zero attached hydrogens (tertiary/aromatic N) is 1. The van der Waals surface area contributed by atoms with Gasteiger partial charge in [0.25, 0.3) is 0 Å². The summed E-state index contributed by atoms with van der Waals surface area (Å²) in [6, 6.07) is 6.63. The van der Waals surface area contributed by atoms with Gasteiger partial charge in [0.1, 0.15) is 18.2 Å². The van der Waals surface area contributed by atoms with E-state index in [1.54, 1.807) is 12.1 Å². The molecule has 0 aliphatic rings. The summed E-state index contributed by atoms with van der Waals surface area (Å²) in [5.41, 5.74) is 0. The van der Waals surface area contributed by atoms with Gasteiger partial charge in [0.15, 0.2) is 0 Å². The summed E-state index contributed by atoms with van der Waals surface area (Å²) < 4.78 is 23.6. The lowest BCUT2D eigenvalue weighted by atomic mass is 10.2. The van der Waals surface area contributed by atoms with Crippen LogP contribution in [-0.2, 0) is 4.74 Å². The van der Waals surface area contributed by atoms with E-state index in [4.69, 9.17) is 9.47 Å². The fourth-order valence-electron chi connectivity index (χ4n) is 2.28. The molecule has 0 aliphatic heterocycles. The van der Waals surface area contributed by atoms with Crippen LogP contribution in [0.25, 0.3) is 0 Å². The van der Waals surface area contributed by atoms with Crippen LogP contribution in [0, 0.1) is 5.82 Å². The maximum absolute atomic E-state index is 12.7. The molecule has 0 bridgehead atoms. The molecule has 0 aliphatic carbocycles. The fraction of sp³-hybridized carbons (Fsp3) is 0.647. The van der Waals surface area contributed by atoms with Gasteiger partial charge in [-0.3, -0.25) is 4.90 Å². The topological polar surface area (TPSA) is 41.9 Å². The molecular formula is C17H28FNO3. The lowest BCUT2D eigenvalue weighted by Gasteiger charge is -2.32. The minimum absolute atomic E-state index is 0.280. The normalized spacial score (nSPS) is 13.1. The van der Waals surface area contributed by atoms with Gasteiger partial charge in [-0.2, -0.15) is 0 Å². The van der Waals surface area contributed by atoms with Crippen LogP contribution in [0.15, 0.2) is 24.3 Å². The van der Waals surface area contributed by atoms with E-state index in [0.717, 1.165) is 0 Å². The third-order valence-electron chi connectivity index (χ3n) is 3.37. The number of hydrogen-bond donors (Lipinski definition) is 1. The van der Waals surface area contributed by atoms with Crippen molar-refractivity contribution in [3.63, 3.8) is 0 Å². The molecule has 0 spiro atoms. The van der Waals surface area contributed by atoms with Gasteiger partial charge in [0, 0.05) is 18.6 Å². The van der Waals surface area contributed by atoms with Crippen LogP contribution in [0.4, 0.5) is 4.39 Å². The first-order valence-electron chi connectivity index (χ1n) is 7.80. The van der Waals surface area contributed by atoms with E-state index < -0.39 is 6.10 Å². The maximum atomic E-state index is 12.7. The molecule has 1 atom stereocenters.